The predicted molar refractivity (Wildman–Crippen MR) is 87.7 cm³/mol. The normalized spacial score (nSPS) is 10.9. The highest BCUT2D eigenvalue weighted by molar-refractivity contribution is 5.64. The van der Waals surface area contributed by atoms with Crippen molar-refractivity contribution in [1.29, 1.82) is 0 Å². The van der Waals surface area contributed by atoms with E-state index < -0.39 is 0 Å². The topological polar surface area (TPSA) is 30.2 Å². The standard InChI is InChI=1S/C19H15N3/c1-2-8-15(9-3-1)14-16-10-4-5-11-17(16)19-21-20-18-12-6-7-13-22(18)19/h1-13H,14H2. The first-order valence-corrected chi connectivity index (χ1v) is 7.34. The first-order valence-electron chi connectivity index (χ1n) is 7.34. The highest BCUT2D eigenvalue weighted by Crippen LogP contribution is 2.24. The average molecular weight is 285 g/mol. The van der Waals surface area contributed by atoms with Crippen molar-refractivity contribution < 1.29 is 0 Å². The van der Waals surface area contributed by atoms with Crippen LogP contribution in [0.2, 0.25) is 0 Å². The number of pyridine rings is 1. The van der Waals surface area contributed by atoms with Crippen LogP contribution in [0.1, 0.15) is 11.1 Å². The van der Waals surface area contributed by atoms with Gasteiger partial charge in [0.2, 0.25) is 0 Å². The molecule has 0 aliphatic rings. The van der Waals surface area contributed by atoms with Gasteiger partial charge < -0.3 is 0 Å². The number of rotatable bonds is 3. The van der Waals surface area contributed by atoms with Crippen LogP contribution < -0.4 is 0 Å². The lowest BCUT2D eigenvalue weighted by Crippen LogP contribution is -1.95. The molecule has 4 rings (SSSR count). The molecule has 0 aliphatic carbocycles. The van der Waals surface area contributed by atoms with E-state index >= 15 is 0 Å². The predicted octanol–water partition coefficient (Wildman–Crippen LogP) is 3.99. The van der Waals surface area contributed by atoms with Crippen LogP contribution in [0.25, 0.3) is 17.0 Å². The summed E-state index contributed by atoms with van der Waals surface area (Å²) in [6, 6.07) is 24.8. The lowest BCUT2D eigenvalue weighted by atomic mass is 9.99. The number of nitrogens with zero attached hydrogens (tertiary/aromatic N) is 3. The smallest absolute Gasteiger partial charge is 0.168 e. The number of hydrogen-bond donors (Lipinski definition) is 0. The van der Waals surface area contributed by atoms with Crippen LogP contribution in [0.4, 0.5) is 0 Å². The van der Waals surface area contributed by atoms with E-state index in [4.69, 9.17) is 0 Å². The second-order valence-electron chi connectivity index (χ2n) is 5.27. The van der Waals surface area contributed by atoms with Crippen molar-refractivity contribution in [2.75, 3.05) is 0 Å². The van der Waals surface area contributed by atoms with Gasteiger partial charge in [0.05, 0.1) is 0 Å². The van der Waals surface area contributed by atoms with Gasteiger partial charge in [-0.1, -0.05) is 60.7 Å². The Morgan fingerprint density at radius 2 is 1.50 bits per heavy atom. The molecule has 4 aromatic rings. The molecule has 0 aliphatic heterocycles. The quantitative estimate of drug-likeness (QED) is 0.570. The van der Waals surface area contributed by atoms with Crippen molar-refractivity contribution in [2.24, 2.45) is 0 Å². The Labute approximate surface area is 128 Å². The fourth-order valence-electron chi connectivity index (χ4n) is 2.73. The summed E-state index contributed by atoms with van der Waals surface area (Å²) in [4.78, 5) is 0. The maximum absolute atomic E-state index is 4.38. The Kier molecular flexibility index (Phi) is 3.16. The molecular weight excluding hydrogens is 270 g/mol. The van der Waals surface area contributed by atoms with Crippen molar-refractivity contribution in [2.45, 2.75) is 6.42 Å². The van der Waals surface area contributed by atoms with Crippen LogP contribution in [0.5, 0.6) is 0 Å². The fourth-order valence-corrected chi connectivity index (χ4v) is 2.73. The lowest BCUT2D eigenvalue weighted by Gasteiger charge is -2.08. The maximum Gasteiger partial charge on any atom is 0.168 e. The van der Waals surface area contributed by atoms with Crippen LogP contribution in [-0.2, 0) is 6.42 Å². The van der Waals surface area contributed by atoms with Crippen molar-refractivity contribution in [3.63, 3.8) is 0 Å². The second kappa shape index (κ2) is 5.45. The number of hydrogen-bond acceptors (Lipinski definition) is 2. The number of aromatic nitrogens is 3. The molecular formula is C19H15N3. The SMILES string of the molecule is c1ccc(Cc2ccccc2-c2nnc3ccccn23)cc1. The molecule has 0 radical (unpaired) electrons. The first kappa shape index (κ1) is 12.8. The Balaban J connectivity index is 1.82. The summed E-state index contributed by atoms with van der Waals surface area (Å²) in [5, 5.41) is 8.64. The molecule has 0 spiro atoms. The van der Waals surface area contributed by atoms with Gasteiger partial charge in [-0.3, -0.25) is 4.40 Å². The van der Waals surface area contributed by atoms with Gasteiger partial charge in [-0.15, -0.1) is 10.2 Å². The van der Waals surface area contributed by atoms with Gasteiger partial charge in [0.25, 0.3) is 0 Å². The van der Waals surface area contributed by atoms with Crippen molar-refractivity contribution >= 4 is 5.65 Å². The van der Waals surface area contributed by atoms with E-state index in [0.717, 1.165) is 23.5 Å². The fraction of sp³-hybridized carbons (Fsp3) is 0.0526. The summed E-state index contributed by atoms with van der Waals surface area (Å²) in [5.41, 5.74) is 4.55. The molecule has 0 amide bonds. The van der Waals surface area contributed by atoms with Crippen LogP contribution in [0.3, 0.4) is 0 Å². The van der Waals surface area contributed by atoms with E-state index in [1.54, 1.807) is 0 Å². The van der Waals surface area contributed by atoms with E-state index in [2.05, 4.69) is 52.7 Å². The highest BCUT2D eigenvalue weighted by atomic mass is 15.2. The van der Waals surface area contributed by atoms with Gasteiger partial charge in [0.1, 0.15) is 0 Å². The number of fused-ring (bicyclic) bond motifs is 1. The van der Waals surface area contributed by atoms with Crippen LogP contribution >= 0.6 is 0 Å². The van der Waals surface area contributed by atoms with E-state index in [1.807, 2.05) is 40.9 Å². The van der Waals surface area contributed by atoms with Gasteiger partial charge in [-0.25, -0.2) is 0 Å². The number of benzene rings is 2. The molecule has 0 saturated carbocycles. The first-order chi connectivity index (χ1) is 10.9. The van der Waals surface area contributed by atoms with E-state index in [1.165, 1.54) is 11.1 Å². The molecule has 2 heterocycles. The Hall–Kier alpha value is -2.94. The van der Waals surface area contributed by atoms with E-state index in [9.17, 15) is 0 Å². The lowest BCUT2D eigenvalue weighted by molar-refractivity contribution is 1.09. The molecule has 0 unspecified atom stereocenters. The third kappa shape index (κ3) is 2.27. The molecule has 0 fully saturated rings. The summed E-state index contributed by atoms with van der Waals surface area (Å²) >= 11 is 0. The zero-order chi connectivity index (χ0) is 14.8. The summed E-state index contributed by atoms with van der Waals surface area (Å²) in [5.74, 6) is 0.891. The monoisotopic (exact) mass is 285 g/mol. The van der Waals surface area contributed by atoms with Gasteiger partial charge in [-0.2, -0.15) is 0 Å². The third-order valence-corrected chi connectivity index (χ3v) is 3.81. The zero-order valence-electron chi connectivity index (χ0n) is 12.1. The minimum atomic E-state index is 0.868. The van der Waals surface area contributed by atoms with Gasteiger partial charge in [0, 0.05) is 11.8 Å². The summed E-state index contributed by atoms with van der Waals surface area (Å²) in [6.07, 6.45) is 2.89. The summed E-state index contributed by atoms with van der Waals surface area (Å²) in [7, 11) is 0. The minimum absolute atomic E-state index is 0.868. The molecule has 22 heavy (non-hydrogen) atoms. The minimum Gasteiger partial charge on any atom is -0.282 e. The van der Waals surface area contributed by atoms with Gasteiger partial charge in [0.15, 0.2) is 11.5 Å². The molecule has 106 valence electrons. The van der Waals surface area contributed by atoms with Crippen LogP contribution in [-0.4, -0.2) is 14.6 Å². The van der Waals surface area contributed by atoms with Gasteiger partial charge in [-0.05, 0) is 29.7 Å². The summed E-state index contributed by atoms with van der Waals surface area (Å²) < 4.78 is 2.03. The van der Waals surface area contributed by atoms with Crippen LogP contribution in [0, 0.1) is 0 Å². The largest absolute Gasteiger partial charge is 0.282 e. The van der Waals surface area contributed by atoms with E-state index in [-0.39, 0.29) is 0 Å². The molecule has 0 atom stereocenters. The highest BCUT2D eigenvalue weighted by Gasteiger charge is 2.11. The van der Waals surface area contributed by atoms with E-state index in [0.29, 0.717) is 0 Å². The third-order valence-electron chi connectivity index (χ3n) is 3.81. The second-order valence-corrected chi connectivity index (χ2v) is 5.27. The molecule has 3 heteroatoms. The zero-order valence-corrected chi connectivity index (χ0v) is 12.1. The average Bonchev–Trinajstić information content (AvgIpc) is 3.00. The van der Waals surface area contributed by atoms with Crippen molar-refractivity contribution in [1.82, 2.24) is 14.6 Å². The van der Waals surface area contributed by atoms with Crippen molar-refractivity contribution in [3.8, 4) is 11.4 Å². The van der Waals surface area contributed by atoms with Crippen LogP contribution in [0.15, 0.2) is 79.0 Å². The Morgan fingerprint density at radius 3 is 2.41 bits per heavy atom. The maximum atomic E-state index is 4.38. The molecule has 2 aromatic carbocycles. The molecule has 3 nitrogen and oxygen atoms in total. The Bertz CT molecular complexity index is 910. The Morgan fingerprint density at radius 1 is 0.727 bits per heavy atom. The van der Waals surface area contributed by atoms with Crippen molar-refractivity contribution in [3.05, 3.63) is 90.1 Å². The molecule has 0 bridgehead atoms. The molecule has 0 saturated heterocycles. The molecule has 0 N–H and O–H groups in total. The van der Waals surface area contributed by atoms with Gasteiger partial charge >= 0.3 is 0 Å². The molecule has 2 aromatic heterocycles. The summed E-state index contributed by atoms with van der Waals surface area (Å²) in [6.45, 7) is 0.